The summed E-state index contributed by atoms with van der Waals surface area (Å²) in [6.45, 7) is 13.5. The number of carboxylic acid groups (broad SMARTS) is 1. The highest BCUT2D eigenvalue weighted by Crippen LogP contribution is 2.42. The minimum atomic E-state index is -1.07. The van der Waals surface area contributed by atoms with E-state index in [0.717, 1.165) is 61.2 Å². The van der Waals surface area contributed by atoms with Gasteiger partial charge in [-0.2, -0.15) is 0 Å². The van der Waals surface area contributed by atoms with E-state index in [9.17, 15) is 9.90 Å². The minimum absolute atomic E-state index is 0.00236. The van der Waals surface area contributed by atoms with Crippen LogP contribution in [0.3, 0.4) is 0 Å². The molecule has 0 atom stereocenters. The van der Waals surface area contributed by atoms with Crippen molar-refractivity contribution in [2.24, 2.45) is 0 Å². The second-order valence-electron chi connectivity index (χ2n) is 15.4. The molecule has 3 aromatic heterocycles. The van der Waals surface area contributed by atoms with E-state index in [1.54, 1.807) is 6.07 Å². The molecular formula is C45H40N4O2. The van der Waals surface area contributed by atoms with Gasteiger partial charge in [-0.05, 0) is 87.7 Å². The lowest BCUT2D eigenvalue weighted by molar-refractivity contribution is 0.0690. The number of aromatic amines is 1. The molecule has 2 N–H and O–H groups in total. The van der Waals surface area contributed by atoms with E-state index in [-0.39, 0.29) is 16.5 Å². The van der Waals surface area contributed by atoms with Crippen LogP contribution in [0.1, 0.15) is 63.2 Å². The van der Waals surface area contributed by atoms with Gasteiger partial charge in [0.05, 0.1) is 22.2 Å². The number of carbonyl (C=O) groups is 1. The first-order valence-electron chi connectivity index (χ1n) is 17.4. The number of imidazole rings is 1. The van der Waals surface area contributed by atoms with Crippen molar-refractivity contribution in [3.63, 3.8) is 0 Å². The molecule has 8 aromatic rings. The molecule has 0 aliphatic heterocycles. The molecule has 0 aliphatic rings. The van der Waals surface area contributed by atoms with E-state index < -0.39 is 5.97 Å². The zero-order chi connectivity index (χ0) is 35.7. The van der Waals surface area contributed by atoms with E-state index >= 15 is 0 Å². The molecule has 3 heterocycles. The molecule has 0 fully saturated rings. The Morgan fingerprint density at radius 3 is 2.10 bits per heavy atom. The number of hydrogen-bond acceptors (Lipinski definition) is 3. The number of benzene rings is 5. The molecule has 0 bridgehead atoms. The Balaban J connectivity index is 1.48. The topological polar surface area (TPSA) is 83.8 Å². The minimum Gasteiger partial charge on any atom is -0.477 e. The normalized spacial score (nSPS) is 12.3. The number of para-hydroxylation sites is 1. The van der Waals surface area contributed by atoms with Crippen molar-refractivity contribution in [3.05, 3.63) is 138 Å². The first-order valence-corrected chi connectivity index (χ1v) is 17.4. The van der Waals surface area contributed by atoms with E-state index in [1.807, 2.05) is 24.3 Å². The Kier molecular flexibility index (Phi) is 7.46. The molecule has 8 rings (SSSR count). The van der Waals surface area contributed by atoms with Gasteiger partial charge >= 0.3 is 5.97 Å². The number of fused-ring (bicyclic) bond motifs is 4. The van der Waals surface area contributed by atoms with Crippen LogP contribution in [0.15, 0.2) is 121 Å². The molecule has 51 heavy (non-hydrogen) atoms. The fraction of sp³-hybridized carbons (Fsp3) is 0.178. The van der Waals surface area contributed by atoms with E-state index in [0.29, 0.717) is 5.69 Å². The standard InChI is InChI=1S/C45H40N4O2/c1-44(2,3)29-21-22-37-33(24-29)34-25-30(45(4,5)6)26-35(40(34)47-37)42-48-41-32(36-18-12-19-38(46-36)43(50)51)17-11-20-39(41)49(42)31-16-10-15-28(23-31)27-13-8-7-9-14-27/h7-26,47H,1-6H3,(H,50,51). The number of rotatable bonds is 5. The molecule has 0 saturated heterocycles. The lowest BCUT2D eigenvalue weighted by Crippen LogP contribution is -2.11. The smallest absolute Gasteiger partial charge is 0.354 e. The summed E-state index contributed by atoms with van der Waals surface area (Å²) in [5, 5.41) is 12.1. The maximum Gasteiger partial charge on any atom is 0.354 e. The Labute approximate surface area is 297 Å². The van der Waals surface area contributed by atoms with Crippen molar-refractivity contribution in [1.29, 1.82) is 0 Å². The average molecular weight is 669 g/mol. The Hall–Kier alpha value is -6.01. The largest absolute Gasteiger partial charge is 0.477 e. The zero-order valence-corrected chi connectivity index (χ0v) is 29.7. The van der Waals surface area contributed by atoms with Crippen LogP contribution >= 0.6 is 0 Å². The predicted molar refractivity (Wildman–Crippen MR) is 209 cm³/mol. The van der Waals surface area contributed by atoms with E-state index in [1.165, 1.54) is 22.6 Å². The molecule has 6 heteroatoms. The van der Waals surface area contributed by atoms with Gasteiger partial charge in [-0.1, -0.05) is 108 Å². The molecule has 0 aliphatic carbocycles. The van der Waals surface area contributed by atoms with Crippen LogP contribution in [0.25, 0.3) is 72.3 Å². The van der Waals surface area contributed by atoms with Crippen LogP contribution in [-0.2, 0) is 10.8 Å². The third-order valence-corrected chi connectivity index (χ3v) is 9.82. The molecule has 252 valence electrons. The van der Waals surface area contributed by atoms with Crippen LogP contribution in [0.5, 0.6) is 0 Å². The fourth-order valence-corrected chi connectivity index (χ4v) is 6.98. The summed E-state index contributed by atoms with van der Waals surface area (Å²) >= 11 is 0. The lowest BCUT2D eigenvalue weighted by Gasteiger charge is -2.21. The third-order valence-electron chi connectivity index (χ3n) is 9.82. The van der Waals surface area contributed by atoms with Crippen LogP contribution in [0.2, 0.25) is 0 Å². The van der Waals surface area contributed by atoms with Gasteiger partial charge in [-0.3, -0.25) is 4.57 Å². The van der Waals surface area contributed by atoms with Crippen molar-refractivity contribution in [3.8, 4) is 39.5 Å². The van der Waals surface area contributed by atoms with Gasteiger partial charge in [0, 0.05) is 33.1 Å². The average Bonchev–Trinajstić information content (AvgIpc) is 3.69. The van der Waals surface area contributed by atoms with Crippen molar-refractivity contribution >= 4 is 38.8 Å². The van der Waals surface area contributed by atoms with Crippen molar-refractivity contribution in [2.45, 2.75) is 52.4 Å². The number of aromatic carboxylic acids is 1. The number of H-pyrrole nitrogens is 1. The highest BCUT2D eigenvalue weighted by atomic mass is 16.4. The summed E-state index contributed by atoms with van der Waals surface area (Å²) in [6.07, 6.45) is 0. The van der Waals surface area contributed by atoms with E-state index in [4.69, 9.17) is 4.98 Å². The summed E-state index contributed by atoms with van der Waals surface area (Å²) in [7, 11) is 0. The number of pyridine rings is 1. The lowest BCUT2D eigenvalue weighted by atomic mass is 9.84. The van der Waals surface area contributed by atoms with Gasteiger partial charge < -0.3 is 10.1 Å². The summed E-state index contributed by atoms with van der Waals surface area (Å²) in [5.74, 6) is -0.279. The molecule has 0 amide bonds. The molecule has 5 aromatic carbocycles. The van der Waals surface area contributed by atoms with E-state index in [2.05, 4.69) is 141 Å². The Bertz CT molecular complexity index is 2630. The Morgan fingerprint density at radius 1 is 0.647 bits per heavy atom. The van der Waals surface area contributed by atoms with Crippen LogP contribution in [0.4, 0.5) is 0 Å². The van der Waals surface area contributed by atoms with Crippen molar-refractivity contribution in [1.82, 2.24) is 19.5 Å². The summed E-state index contributed by atoms with van der Waals surface area (Å²) in [4.78, 5) is 25.7. The van der Waals surface area contributed by atoms with Gasteiger partial charge in [-0.15, -0.1) is 0 Å². The van der Waals surface area contributed by atoms with Crippen molar-refractivity contribution in [2.75, 3.05) is 0 Å². The zero-order valence-electron chi connectivity index (χ0n) is 29.7. The molecule has 0 unspecified atom stereocenters. The second kappa shape index (κ2) is 11.8. The highest BCUT2D eigenvalue weighted by Gasteiger charge is 2.25. The maximum absolute atomic E-state index is 11.9. The quantitative estimate of drug-likeness (QED) is 0.191. The van der Waals surface area contributed by atoms with Crippen LogP contribution in [-0.4, -0.2) is 30.6 Å². The van der Waals surface area contributed by atoms with Gasteiger partial charge in [0.1, 0.15) is 11.5 Å². The summed E-state index contributed by atoms with van der Waals surface area (Å²) < 4.78 is 2.24. The van der Waals surface area contributed by atoms with Gasteiger partial charge in [-0.25, -0.2) is 14.8 Å². The summed E-state index contributed by atoms with van der Waals surface area (Å²) in [5.41, 5.74) is 11.6. The van der Waals surface area contributed by atoms with Crippen molar-refractivity contribution < 1.29 is 9.90 Å². The molecule has 0 radical (unpaired) electrons. The number of hydrogen-bond donors (Lipinski definition) is 2. The molecule has 0 spiro atoms. The van der Waals surface area contributed by atoms with Gasteiger partial charge in [0.2, 0.25) is 0 Å². The number of carboxylic acids is 1. The molecular weight excluding hydrogens is 629 g/mol. The highest BCUT2D eigenvalue weighted by molar-refractivity contribution is 6.12. The monoisotopic (exact) mass is 668 g/mol. The number of aromatic nitrogens is 4. The third kappa shape index (κ3) is 5.67. The fourth-order valence-electron chi connectivity index (χ4n) is 6.98. The molecule has 6 nitrogen and oxygen atoms in total. The molecule has 0 saturated carbocycles. The summed E-state index contributed by atoms with van der Waals surface area (Å²) in [6, 6.07) is 41.4. The SMILES string of the molecule is CC(C)(C)c1ccc2[nH]c3c(-c4nc5c(-c6cccc(C(=O)O)n6)cccc5n4-c4cccc(-c5ccccc5)c4)cc(C(C)(C)C)cc3c2c1. The predicted octanol–water partition coefficient (Wildman–Crippen LogP) is 11.3. The van der Waals surface area contributed by atoms with Gasteiger partial charge in [0.25, 0.3) is 0 Å². The first-order chi connectivity index (χ1) is 24.4. The Morgan fingerprint density at radius 2 is 1.35 bits per heavy atom. The maximum atomic E-state index is 11.9. The number of nitrogens with one attached hydrogen (secondary N) is 1. The number of nitrogens with zero attached hydrogens (tertiary/aromatic N) is 3. The first kappa shape index (κ1) is 32.2. The van der Waals surface area contributed by atoms with Crippen LogP contribution in [0, 0.1) is 0 Å². The van der Waals surface area contributed by atoms with Gasteiger partial charge in [0.15, 0.2) is 0 Å². The van der Waals surface area contributed by atoms with Crippen LogP contribution < -0.4 is 0 Å². The second-order valence-corrected chi connectivity index (χ2v) is 15.4.